The predicted octanol–water partition coefficient (Wildman–Crippen LogP) is 1.93. The number of carbonyl (C=O) groups excluding carboxylic acids is 4. The van der Waals surface area contributed by atoms with Crippen LogP contribution in [0.4, 0.5) is 0 Å². The molecular weight excluding hydrogens is 414 g/mol. The van der Waals surface area contributed by atoms with Gasteiger partial charge in [-0.3, -0.25) is 0 Å². The summed E-state index contributed by atoms with van der Waals surface area (Å²) in [5.41, 5.74) is 1.08. The van der Waals surface area contributed by atoms with Crippen molar-refractivity contribution < 1.29 is 36.2 Å². The molecule has 2 aromatic rings. The Kier molecular flexibility index (Phi) is 7.11. The van der Waals surface area contributed by atoms with E-state index >= 15 is 0 Å². The fourth-order valence-corrected chi connectivity index (χ4v) is 6.71. The van der Waals surface area contributed by atoms with Gasteiger partial charge in [-0.05, 0) is 16.7 Å². The molecule has 0 saturated carbocycles. The maximum absolute atomic E-state index is 12.5. The van der Waals surface area contributed by atoms with E-state index in [9.17, 15) is 19.2 Å². The molecule has 0 aromatic heterocycles. The zero-order valence-corrected chi connectivity index (χ0v) is 16.5. The van der Waals surface area contributed by atoms with E-state index in [0.29, 0.717) is 10.6 Å². The van der Waals surface area contributed by atoms with Gasteiger partial charge in [0, 0.05) is 24.0 Å². The molecule has 0 saturated heterocycles. The van der Waals surface area contributed by atoms with Crippen molar-refractivity contribution in [1.29, 1.82) is 0 Å². The maximum atomic E-state index is 12.5. The third-order valence-corrected chi connectivity index (χ3v) is 8.27. The summed E-state index contributed by atoms with van der Waals surface area (Å²) in [6, 6.07) is 18.1. The summed E-state index contributed by atoms with van der Waals surface area (Å²) in [6.07, 6.45) is 2.98. The van der Waals surface area contributed by atoms with Crippen molar-refractivity contribution in [3.63, 3.8) is 0 Å². The number of hydrogen-bond acceptors (Lipinski definition) is 4. The van der Waals surface area contributed by atoms with Gasteiger partial charge < -0.3 is 0 Å². The van der Waals surface area contributed by atoms with E-state index in [4.69, 9.17) is 0 Å². The molecule has 28 heavy (non-hydrogen) atoms. The molecule has 1 aliphatic rings. The SMILES string of the molecule is O=C=C1C=CC(P(=C=O)(c2ccccc2)c2ccccc2)C(=C=O)C1=C=O.[Mn]. The molecule has 0 spiro atoms. The van der Waals surface area contributed by atoms with E-state index < -0.39 is 12.5 Å². The smallest absolute Gasteiger partial charge is 0.134 e. The van der Waals surface area contributed by atoms with Gasteiger partial charge in [0.15, 0.2) is 0 Å². The molecule has 0 amide bonds. The Morgan fingerprint density at radius 2 is 1.25 bits per heavy atom. The molecule has 6 heteroatoms. The van der Waals surface area contributed by atoms with E-state index in [1.807, 2.05) is 12.1 Å². The third-order valence-electron chi connectivity index (χ3n) is 4.49. The Morgan fingerprint density at radius 3 is 1.64 bits per heavy atom. The first-order valence-corrected chi connectivity index (χ1v) is 9.92. The van der Waals surface area contributed by atoms with Crippen LogP contribution in [0.25, 0.3) is 0 Å². The maximum Gasteiger partial charge on any atom is 0.134 e. The first-order chi connectivity index (χ1) is 13.2. The minimum Gasteiger partial charge on any atom is -0.234 e. The molecule has 2 aromatic carbocycles. The van der Waals surface area contributed by atoms with Crippen LogP contribution in [0.3, 0.4) is 0 Å². The summed E-state index contributed by atoms with van der Waals surface area (Å²) < 4.78 is 0. The number of rotatable bonds is 3. The Balaban J connectivity index is 0.00000280. The molecule has 4 nitrogen and oxygen atoms in total. The van der Waals surface area contributed by atoms with E-state index in [1.54, 1.807) is 72.4 Å². The fourth-order valence-electron chi connectivity index (χ4n) is 3.25. The van der Waals surface area contributed by atoms with Gasteiger partial charge in [-0.2, -0.15) is 0 Å². The number of hydrogen-bond donors (Lipinski definition) is 0. The second-order valence-corrected chi connectivity index (χ2v) is 9.01. The van der Waals surface area contributed by atoms with Crippen LogP contribution in [0, 0.1) is 0 Å². The Bertz CT molecular complexity index is 1100. The van der Waals surface area contributed by atoms with Gasteiger partial charge in [0.25, 0.3) is 0 Å². The van der Waals surface area contributed by atoms with Gasteiger partial charge in [-0.1, -0.05) is 66.7 Å². The molecule has 3 rings (SSSR count). The van der Waals surface area contributed by atoms with Crippen LogP contribution >= 0.6 is 6.89 Å². The van der Waals surface area contributed by atoms with Crippen molar-refractivity contribution in [1.82, 2.24) is 0 Å². The first-order valence-electron chi connectivity index (χ1n) is 8.06. The predicted molar refractivity (Wildman–Crippen MR) is 105 cm³/mol. The zero-order valence-electron chi connectivity index (χ0n) is 14.5. The van der Waals surface area contributed by atoms with Gasteiger partial charge in [0.1, 0.15) is 23.5 Å². The minimum atomic E-state index is -2.95. The molecule has 1 unspecified atom stereocenters. The standard InChI is InChI=1S/C22H13O4P.Mn/c23-13-17-11-12-22(21(15-25)20(17)14-24)27(16-26,18-7-3-1-4-8-18)19-9-5-2-6-10-19;/h1-12,22H;. The summed E-state index contributed by atoms with van der Waals surface area (Å²) in [4.78, 5) is 46.8. The van der Waals surface area contributed by atoms with Crippen molar-refractivity contribution in [2.75, 3.05) is 0 Å². The number of benzene rings is 2. The van der Waals surface area contributed by atoms with Crippen molar-refractivity contribution in [3.8, 4) is 0 Å². The zero-order chi connectivity index (χ0) is 19.3. The van der Waals surface area contributed by atoms with Gasteiger partial charge in [0.05, 0.1) is 22.4 Å². The topological polar surface area (TPSA) is 68.3 Å². The molecule has 1 aliphatic carbocycles. The average molecular weight is 427 g/mol. The molecule has 0 heterocycles. The fraction of sp³-hybridized carbons (Fsp3) is 0.0455. The van der Waals surface area contributed by atoms with Gasteiger partial charge in [-0.25, -0.2) is 19.2 Å². The molecule has 1 atom stereocenters. The molecule has 1 radical (unpaired) electrons. The van der Waals surface area contributed by atoms with Crippen LogP contribution in [-0.2, 0) is 36.2 Å². The quantitative estimate of drug-likeness (QED) is 0.427. The Morgan fingerprint density at radius 1 is 0.714 bits per heavy atom. The van der Waals surface area contributed by atoms with Gasteiger partial charge in [-0.15, -0.1) is 0 Å². The van der Waals surface area contributed by atoms with Crippen molar-refractivity contribution in [3.05, 3.63) is 89.5 Å². The van der Waals surface area contributed by atoms with Crippen LogP contribution in [0.2, 0.25) is 0 Å². The van der Waals surface area contributed by atoms with Crippen molar-refractivity contribution >= 4 is 41.0 Å². The van der Waals surface area contributed by atoms with E-state index in [1.165, 1.54) is 6.08 Å². The summed E-state index contributed by atoms with van der Waals surface area (Å²) in [7, 11) is 0. The molecule has 137 valence electrons. The summed E-state index contributed by atoms with van der Waals surface area (Å²) >= 11 is 0. The largest absolute Gasteiger partial charge is 0.234 e. The van der Waals surface area contributed by atoms with Crippen molar-refractivity contribution in [2.45, 2.75) is 5.66 Å². The van der Waals surface area contributed by atoms with Crippen molar-refractivity contribution in [2.24, 2.45) is 0 Å². The molecule has 0 aliphatic heterocycles. The average Bonchev–Trinajstić information content (AvgIpc) is 2.75. The second kappa shape index (κ2) is 9.32. The molecule has 0 fully saturated rings. The Hall–Kier alpha value is -2.94. The molecule has 0 bridgehead atoms. The van der Waals surface area contributed by atoms with Gasteiger partial charge in [0.2, 0.25) is 0 Å². The molecular formula is C22H13MnO4P. The third kappa shape index (κ3) is 3.45. The van der Waals surface area contributed by atoms with Gasteiger partial charge >= 0.3 is 0 Å². The monoisotopic (exact) mass is 427 g/mol. The first kappa shape index (κ1) is 21.4. The van der Waals surface area contributed by atoms with Crippen LogP contribution in [-0.4, -0.2) is 29.1 Å². The second-order valence-electron chi connectivity index (χ2n) is 5.80. The van der Waals surface area contributed by atoms with Crippen LogP contribution in [0.5, 0.6) is 0 Å². The number of allylic oxidation sites excluding steroid dienone is 5. The minimum absolute atomic E-state index is 0. The Labute approximate surface area is 172 Å². The van der Waals surface area contributed by atoms with Crippen LogP contribution < -0.4 is 10.6 Å². The van der Waals surface area contributed by atoms with E-state index in [2.05, 4.69) is 5.66 Å². The summed E-state index contributed by atoms with van der Waals surface area (Å²) in [6.45, 7) is -2.95. The van der Waals surface area contributed by atoms with Crippen LogP contribution in [0.1, 0.15) is 0 Å². The van der Waals surface area contributed by atoms with E-state index in [-0.39, 0.29) is 33.8 Å². The van der Waals surface area contributed by atoms with Crippen LogP contribution in [0.15, 0.2) is 89.5 Å². The van der Waals surface area contributed by atoms with E-state index in [0.717, 1.165) is 0 Å². The molecule has 0 N–H and O–H groups in total. The normalized spacial score (nSPS) is 15.6. The summed E-state index contributed by atoms with van der Waals surface area (Å²) in [5, 5.41) is 1.41. The summed E-state index contributed by atoms with van der Waals surface area (Å²) in [5.74, 6) is 5.04.